The van der Waals surface area contributed by atoms with Crippen molar-refractivity contribution in [1.82, 2.24) is 4.57 Å². The summed E-state index contributed by atoms with van der Waals surface area (Å²) in [6.45, 7) is 8.31. The molecule has 0 radical (unpaired) electrons. The summed E-state index contributed by atoms with van der Waals surface area (Å²) in [5, 5.41) is 0.0675. The number of aromatic nitrogens is 1. The second kappa shape index (κ2) is 8.67. The Bertz CT molecular complexity index is 1340. The van der Waals surface area contributed by atoms with Crippen LogP contribution in [0, 0.1) is 19.7 Å². The number of pyridine rings is 1. The summed E-state index contributed by atoms with van der Waals surface area (Å²) in [4.78, 5) is 14.9. The van der Waals surface area contributed by atoms with E-state index in [9.17, 15) is 13.2 Å². The first-order valence-electron chi connectivity index (χ1n) is 10.8. The van der Waals surface area contributed by atoms with Crippen LogP contribution in [0.5, 0.6) is 0 Å². The molecule has 4 rings (SSSR count). The second-order valence-corrected chi connectivity index (χ2v) is 10.1. The molecule has 1 aliphatic heterocycles. The highest BCUT2D eigenvalue weighted by Crippen LogP contribution is 2.28. The lowest BCUT2D eigenvalue weighted by molar-refractivity contribution is 0.122. The first-order chi connectivity index (χ1) is 15.2. The van der Waals surface area contributed by atoms with Gasteiger partial charge in [-0.2, -0.15) is 0 Å². The molecule has 32 heavy (non-hydrogen) atoms. The molecule has 6 nitrogen and oxygen atoms in total. The number of halogens is 1. The van der Waals surface area contributed by atoms with Crippen molar-refractivity contribution in [2.75, 3.05) is 31.2 Å². The van der Waals surface area contributed by atoms with E-state index in [4.69, 9.17) is 4.74 Å². The molecule has 0 amide bonds. The summed E-state index contributed by atoms with van der Waals surface area (Å²) in [6.07, 6.45) is 2.13. The van der Waals surface area contributed by atoms with E-state index >= 15 is 4.39 Å². The molecule has 0 bridgehead atoms. The molecule has 1 aliphatic rings. The van der Waals surface area contributed by atoms with E-state index in [2.05, 4.69) is 0 Å². The van der Waals surface area contributed by atoms with Gasteiger partial charge in [-0.05, 0) is 55.7 Å². The first-order valence-corrected chi connectivity index (χ1v) is 12.2. The minimum Gasteiger partial charge on any atom is -0.378 e. The Morgan fingerprint density at radius 1 is 1.06 bits per heavy atom. The van der Waals surface area contributed by atoms with Crippen LogP contribution in [0.3, 0.4) is 0 Å². The summed E-state index contributed by atoms with van der Waals surface area (Å²) >= 11 is 0. The molecule has 1 aromatic heterocycles. The average molecular weight is 459 g/mol. The van der Waals surface area contributed by atoms with Crippen LogP contribution in [0.2, 0.25) is 0 Å². The molecule has 3 aromatic rings. The van der Waals surface area contributed by atoms with Gasteiger partial charge in [-0.1, -0.05) is 13.0 Å². The van der Waals surface area contributed by atoms with Crippen LogP contribution in [0.1, 0.15) is 24.5 Å². The van der Waals surface area contributed by atoms with E-state index in [1.807, 2.05) is 25.7 Å². The number of sulfone groups is 1. The van der Waals surface area contributed by atoms with Gasteiger partial charge in [0.1, 0.15) is 10.7 Å². The number of morpholine rings is 1. The number of anilines is 1. The molecule has 0 unspecified atom stereocenters. The van der Waals surface area contributed by atoms with Crippen molar-refractivity contribution in [1.29, 1.82) is 0 Å². The van der Waals surface area contributed by atoms with Crippen molar-refractivity contribution in [3.63, 3.8) is 0 Å². The standard InChI is InChI=1S/C24H27FN2O4S/c1-4-7-27-15-23(32(29,30)18-6-5-16(2)17(3)12-18)24(28)19-13-20(25)22(14-21(19)27)26-8-10-31-11-9-26/h5-6,12-15H,4,7-11H2,1-3H3. The fourth-order valence-electron chi connectivity index (χ4n) is 4.04. The van der Waals surface area contributed by atoms with E-state index in [1.54, 1.807) is 22.8 Å². The number of benzene rings is 2. The Labute approximate surface area is 187 Å². The molecule has 0 atom stereocenters. The zero-order valence-corrected chi connectivity index (χ0v) is 19.3. The van der Waals surface area contributed by atoms with Gasteiger partial charge in [-0.3, -0.25) is 4.79 Å². The number of ether oxygens (including phenoxy) is 1. The van der Waals surface area contributed by atoms with Gasteiger partial charge < -0.3 is 14.2 Å². The average Bonchev–Trinajstić information content (AvgIpc) is 2.77. The van der Waals surface area contributed by atoms with Crippen LogP contribution >= 0.6 is 0 Å². The minimum atomic E-state index is -4.07. The SMILES string of the molecule is CCCn1cc(S(=O)(=O)c2ccc(C)c(C)c2)c(=O)c2cc(F)c(N3CCOCC3)cc21. The van der Waals surface area contributed by atoms with Gasteiger partial charge in [0.25, 0.3) is 0 Å². The molecule has 2 aromatic carbocycles. The predicted molar refractivity (Wildman–Crippen MR) is 123 cm³/mol. The monoisotopic (exact) mass is 458 g/mol. The van der Waals surface area contributed by atoms with Gasteiger partial charge in [0.2, 0.25) is 15.3 Å². The third-order valence-corrected chi connectivity index (χ3v) is 7.75. The van der Waals surface area contributed by atoms with Gasteiger partial charge in [-0.25, -0.2) is 12.8 Å². The Balaban J connectivity index is 1.94. The Morgan fingerprint density at radius 3 is 2.44 bits per heavy atom. The van der Waals surface area contributed by atoms with E-state index in [0.29, 0.717) is 44.1 Å². The van der Waals surface area contributed by atoms with Crippen LogP contribution in [0.15, 0.2) is 51.1 Å². The Hall–Kier alpha value is -2.71. The summed E-state index contributed by atoms with van der Waals surface area (Å²) < 4.78 is 48.9. The molecule has 1 fully saturated rings. The van der Waals surface area contributed by atoms with Crippen LogP contribution in [-0.4, -0.2) is 39.3 Å². The maximum Gasteiger partial charge on any atom is 0.211 e. The van der Waals surface area contributed by atoms with Gasteiger partial charge in [0.15, 0.2) is 0 Å². The molecule has 170 valence electrons. The molecule has 0 aliphatic carbocycles. The van der Waals surface area contributed by atoms with Crippen molar-refractivity contribution >= 4 is 26.4 Å². The fourth-order valence-corrected chi connectivity index (χ4v) is 5.50. The number of nitrogens with zero attached hydrogens (tertiary/aromatic N) is 2. The normalized spacial score (nSPS) is 14.8. The van der Waals surface area contributed by atoms with Crippen LogP contribution in [0.4, 0.5) is 10.1 Å². The summed E-state index contributed by atoms with van der Waals surface area (Å²) in [5.41, 5.74) is 2.03. The van der Waals surface area contributed by atoms with Crippen molar-refractivity contribution in [3.05, 3.63) is 63.7 Å². The lowest BCUT2D eigenvalue weighted by Crippen LogP contribution is -2.36. The van der Waals surface area contributed by atoms with Crippen LogP contribution in [-0.2, 0) is 21.1 Å². The topological polar surface area (TPSA) is 68.6 Å². The van der Waals surface area contributed by atoms with Crippen molar-refractivity contribution in [3.8, 4) is 0 Å². The van der Waals surface area contributed by atoms with Crippen molar-refractivity contribution in [2.45, 2.75) is 43.5 Å². The maximum absolute atomic E-state index is 15.1. The highest BCUT2D eigenvalue weighted by molar-refractivity contribution is 7.91. The molecule has 1 saturated heterocycles. The minimum absolute atomic E-state index is 0.0607. The van der Waals surface area contributed by atoms with Gasteiger partial charge in [0, 0.05) is 25.8 Å². The Morgan fingerprint density at radius 2 is 1.78 bits per heavy atom. The zero-order valence-electron chi connectivity index (χ0n) is 18.5. The second-order valence-electron chi connectivity index (χ2n) is 8.19. The fraction of sp³-hybridized carbons (Fsp3) is 0.375. The number of fused-ring (bicyclic) bond motifs is 1. The largest absolute Gasteiger partial charge is 0.378 e. The highest BCUT2D eigenvalue weighted by atomic mass is 32.2. The quantitative estimate of drug-likeness (QED) is 0.581. The molecular formula is C24H27FN2O4S. The molecule has 0 N–H and O–H groups in total. The number of hydrogen-bond donors (Lipinski definition) is 0. The highest BCUT2D eigenvalue weighted by Gasteiger charge is 2.26. The Kier molecular flexibility index (Phi) is 6.09. The maximum atomic E-state index is 15.1. The van der Waals surface area contributed by atoms with E-state index < -0.39 is 21.1 Å². The molecule has 2 heterocycles. The number of hydrogen-bond acceptors (Lipinski definition) is 5. The van der Waals surface area contributed by atoms with Gasteiger partial charge >= 0.3 is 0 Å². The number of aryl methyl sites for hydroxylation is 3. The van der Waals surface area contributed by atoms with Crippen LogP contribution in [0.25, 0.3) is 10.9 Å². The molecule has 0 spiro atoms. The molecular weight excluding hydrogens is 431 g/mol. The molecule has 0 saturated carbocycles. The first kappa shape index (κ1) is 22.5. The predicted octanol–water partition coefficient (Wildman–Crippen LogP) is 3.84. The van der Waals surface area contributed by atoms with Crippen molar-refractivity contribution < 1.29 is 17.5 Å². The van der Waals surface area contributed by atoms with E-state index in [0.717, 1.165) is 17.5 Å². The summed E-state index contributed by atoms with van der Waals surface area (Å²) in [5.74, 6) is -0.541. The van der Waals surface area contributed by atoms with E-state index in [1.165, 1.54) is 18.3 Å². The smallest absolute Gasteiger partial charge is 0.211 e. The van der Waals surface area contributed by atoms with E-state index in [-0.39, 0.29) is 15.2 Å². The lowest BCUT2D eigenvalue weighted by atomic mass is 10.1. The molecule has 8 heteroatoms. The third-order valence-electron chi connectivity index (χ3n) is 6.01. The van der Waals surface area contributed by atoms with Crippen LogP contribution < -0.4 is 10.3 Å². The van der Waals surface area contributed by atoms with Crippen molar-refractivity contribution in [2.24, 2.45) is 0 Å². The van der Waals surface area contributed by atoms with Gasteiger partial charge in [-0.15, -0.1) is 0 Å². The third kappa shape index (κ3) is 3.93. The van der Waals surface area contributed by atoms with Gasteiger partial charge in [0.05, 0.1) is 34.7 Å². The number of rotatable bonds is 5. The summed E-state index contributed by atoms with van der Waals surface area (Å²) in [7, 11) is -4.07. The summed E-state index contributed by atoms with van der Waals surface area (Å²) in [6, 6.07) is 7.63. The lowest BCUT2D eigenvalue weighted by Gasteiger charge is -2.29. The zero-order chi connectivity index (χ0) is 23.0.